The third-order valence-electron chi connectivity index (χ3n) is 4.43. The third kappa shape index (κ3) is 5.36. The second-order valence-corrected chi connectivity index (χ2v) is 6.44. The zero-order valence-corrected chi connectivity index (χ0v) is 15.4. The first kappa shape index (κ1) is 19.6. The number of carbonyl (C=O) groups excluding carboxylic acids is 1. The minimum Gasteiger partial charge on any atom is -1.00 e. The summed E-state index contributed by atoms with van der Waals surface area (Å²) in [5, 5.41) is 3.62. The van der Waals surface area contributed by atoms with E-state index < -0.39 is 0 Å². The van der Waals surface area contributed by atoms with Gasteiger partial charge < -0.3 is 27.0 Å². The molecule has 2 N–H and O–H groups in total. The van der Waals surface area contributed by atoms with E-state index in [1.807, 2.05) is 36.4 Å². The molecule has 0 spiro atoms. The molecule has 2 heterocycles. The monoisotopic (exact) mass is 380 g/mol. The minimum absolute atomic E-state index is 0. The molecule has 1 amide bonds. The highest BCUT2D eigenvalue weighted by molar-refractivity contribution is 6.32. The summed E-state index contributed by atoms with van der Waals surface area (Å²) >= 11 is 6.09. The fraction of sp³-hybridized carbons (Fsp3) is 0.316. The number of benzene rings is 1. The van der Waals surface area contributed by atoms with E-state index in [1.165, 1.54) is 23.8 Å². The molecule has 4 nitrogen and oxygen atoms in total. The summed E-state index contributed by atoms with van der Waals surface area (Å²) in [4.78, 5) is 13.6. The molecule has 0 aliphatic carbocycles. The van der Waals surface area contributed by atoms with E-state index >= 15 is 0 Å². The molecule has 25 heavy (non-hydrogen) atoms. The van der Waals surface area contributed by atoms with Crippen LogP contribution in [-0.4, -0.2) is 25.5 Å². The first-order valence-electron chi connectivity index (χ1n) is 8.32. The lowest BCUT2D eigenvalue weighted by molar-refractivity contribution is -0.919. The molecular formula is C19H22Cl2N2O2. The molecular weight excluding hydrogens is 359 g/mol. The number of hydrogen-bond acceptors (Lipinski definition) is 2. The topological polar surface area (TPSA) is 46.7 Å². The molecule has 1 fully saturated rings. The Morgan fingerprint density at radius 2 is 2.00 bits per heavy atom. The standard InChI is InChI=1S/C19H21ClN2O2.ClH/c20-16-7-2-1-6-15(16)9-10-19(23)21-14-17(18-8-5-13-24-18)22-11-3-4-12-22;/h1-2,5-10,13,17H,3-4,11-12,14H2,(H,21,23);1H. The quantitative estimate of drug-likeness (QED) is 0.662. The molecule has 0 saturated carbocycles. The van der Waals surface area contributed by atoms with Gasteiger partial charge in [-0.25, -0.2) is 0 Å². The van der Waals surface area contributed by atoms with Crippen molar-refractivity contribution in [1.82, 2.24) is 5.32 Å². The number of quaternary nitrogens is 1. The molecule has 2 aromatic rings. The molecule has 1 unspecified atom stereocenters. The van der Waals surface area contributed by atoms with Crippen LogP contribution in [0.1, 0.15) is 30.2 Å². The second-order valence-electron chi connectivity index (χ2n) is 6.03. The van der Waals surface area contributed by atoms with Crippen molar-refractivity contribution in [1.29, 1.82) is 0 Å². The van der Waals surface area contributed by atoms with Gasteiger partial charge in [0.1, 0.15) is 0 Å². The van der Waals surface area contributed by atoms with Gasteiger partial charge in [-0.05, 0) is 29.8 Å². The molecule has 0 radical (unpaired) electrons. The van der Waals surface area contributed by atoms with Crippen LogP contribution in [0.25, 0.3) is 6.08 Å². The van der Waals surface area contributed by atoms with Crippen molar-refractivity contribution < 1.29 is 26.5 Å². The number of nitrogens with one attached hydrogen (secondary N) is 2. The van der Waals surface area contributed by atoms with Gasteiger partial charge in [0.25, 0.3) is 0 Å². The van der Waals surface area contributed by atoms with Crippen LogP contribution >= 0.6 is 11.6 Å². The van der Waals surface area contributed by atoms with Gasteiger partial charge in [-0.3, -0.25) is 4.79 Å². The Balaban J connectivity index is 0.00000225. The Morgan fingerprint density at radius 1 is 1.24 bits per heavy atom. The van der Waals surface area contributed by atoms with Crippen molar-refractivity contribution in [3.05, 3.63) is 65.1 Å². The van der Waals surface area contributed by atoms with Gasteiger partial charge >= 0.3 is 0 Å². The Labute approximate surface area is 159 Å². The van der Waals surface area contributed by atoms with E-state index in [9.17, 15) is 4.79 Å². The van der Waals surface area contributed by atoms with Crippen LogP contribution in [-0.2, 0) is 4.79 Å². The van der Waals surface area contributed by atoms with Gasteiger partial charge in [0, 0.05) is 23.9 Å². The van der Waals surface area contributed by atoms with Crippen LogP contribution in [0.2, 0.25) is 5.02 Å². The molecule has 134 valence electrons. The average molecular weight is 381 g/mol. The summed E-state index contributed by atoms with van der Waals surface area (Å²) in [6, 6.07) is 11.5. The SMILES string of the molecule is O=C(C=Cc1ccccc1Cl)NCC(c1ccco1)[NH+]1CCCC1.[Cl-]. The Kier molecular flexibility index (Phi) is 7.56. The smallest absolute Gasteiger partial charge is 0.244 e. The van der Waals surface area contributed by atoms with Crippen LogP contribution < -0.4 is 22.6 Å². The summed E-state index contributed by atoms with van der Waals surface area (Å²) in [5.41, 5.74) is 0.835. The van der Waals surface area contributed by atoms with Crippen molar-refractivity contribution in [2.45, 2.75) is 18.9 Å². The molecule has 1 atom stereocenters. The fourth-order valence-electron chi connectivity index (χ4n) is 3.15. The highest BCUT2D eigenvalue weighted by Gasteiger charge is 2.29. The zero-order valence-electron chi connectivity index (χ0n) is 13.9. The molecule has 3 rings (SSSR count). The summed E-state index contributed by atoms with van der Waals surface area (Å²) in [5.74, 6) is 0.812. The predicted octanol–water partition coefficient (Wildman–Crippen LogP) is -0.514. The molecule has 1 aromatic carbocycles. The van der Waals surface area contributed by atoms with Crippen molar-refractivity contribution in [2.75, 3.05) is 19.6 Å². The molecule has 1 aromatic heterocycles. The Bertz CT molecular complexity index is 695. The van der Waals surface area contributed by atoms with Gasteiger partial charge in [0.05, 0.1) is 25.9 Å². The number of carbonyl (C=O) groups is 1. The van der Waals surface area contributed by atoms with Crippen molar-refractivity contribution >= 4 is 23.6 Å². The van der Waals surface area contributed by atoms with Crippen molar-refractivity contribution in [3.63, 3.8) is 0 Å². The lowest BCUT2D eigenvalue weighted by Crippen LogP contribution is -3.11. The second kappa shape index (κ2) is 9.66. The predicted molar refractivity (Wildman–Crippen MR) is 94.9 cm³/mol. The highest BCUT2D eigenvalue weighted by atomic mass is 35.5. The van der Waals surface area contributed by atoms with E-state index in [0.717, 1.165) is 24.4 Å². The van der Waals surface area contributed by atoms with Gasteiger partial charge in [-0.15, -0.1) is 0 Å². The van der Waals surface area contributed by atoms with Gasteiger partial charge in [0.2, 0.25) is 5.91 Å². The van der Waals surface area contributed by atoms with Crippen LogP contribution in [0.15, 0.2) is 53.2 Å². The molecule has 0 bridgehead atoms. The van der Waals surface area contributed by atoms with Gasteiger partial charge in [0.15, 0.2) is 11.8 Å². The number of halogens is 2. The Morgan fingerprint density at radius 3 is 2.68 bits per heavy atom. The number of amides is 1. The largest absolute Gasteiger partial charge is 1.00 e. The molecule has 1 saturated heterocycles. The lowest BCUT2D eigenvalue weighted by atomic mass is 10.2. The van der Waals surface area contributed by atoms with Crippen molar-refractivity contribution in [3.8, 4) is 0 Å². The van der Waals surface area contributed by atoms with E-state index in [2.05, 4.69) is 5.32 Å². The summed E-state index contributed by atoms with van der Waals surface area (Å²) in [7, 11) is 0. The van der Waals surface area contributed by atoms with Gasteiger partial charge in [-0.1, -0.05) is 29.8 Å². The van der Waals surface area contributed by atoms with Crippen LogP contribution in [0.3, 0.4) is 0 Å². The maximum absolute atomic E-state index is 12.1. The first-order valence-corrected chi connectivity index (χ1v) is 8.70. The van der Waals surface area contributed by atoms with E-state index in [4.69, 9.17) is 16.0 Å². The van der Waals surface area contributed by atoms with E-state index in [1.54, 1.807) is 12.3 Å². The lowest BCUT2D eigenvalue weighted by Gasteiger charge is -2.22. The number of furan rings is 1. The van der Waals surface area contributed by atoms with E-state index in [0.29, 0.717) is 11.6 Å². The first-order chi connectivity index (χ1) is 11.7. The maximum Gasteiger partial charge on any atom is 0.244 e. The highest BCUT2D eigenvalue weighted by Crippen LogP contribution is 2.16. The third-order valence-corrected chi connectivity index (χ3v) is 4.77. The molecule has 1 aliphatic heterocycles. The number of hydrogen-bond donors (Lipinski definition) is 2. The fourth-order valence-corrected chi connectivity index (χ4v) is 3.35. The number of rotatable bonds is 6. The number of likely N-dealkylation sites (tertiary alicyclic amines) is 1. The summed E-state index contributed by atoms with van der Waals surface area (Å²) < 4.78 is 5.58. The van der Waals surface area contributed by atoms with E-state index in [-0.39, 0.29) is 24.4 Å². The maximum atomic E-state index is 12.1. The van der Waals surface area contributed by atoms with Crippen molar-refractivity contribution in [2.24, 2.45) is 0 Å². The van der Waals surface area contributed by atoms with Crippen LogP contribution in [0.5, 0.6) is 0 Å². The minimum atomic E-state index is -0.120. The molecule has 6 heteroatoms. The van der Waals surface area contributed by atoms with Gasteiger partial charge in [-0.2, -0.15) is 0 Å². The van der Waals surface area contributed by atoms with Crippen LogP contribution in [0, 0.1) is 0 Å². The normalized spacial score (nSPS) is 15.9. The summed E-state index contributed by atoms with van der Waals surface area (Å²) in [6.45, 7) is 2.81. The average Bonchev–Trinajstić information content (AvgIpc) is 3.28. The summed E-state index contributed by atoms with van der Waals surface area (Å²) in [6.07, 6.45) is 7.42. The zero-order chi connectivity index (χ0) is 16.8. The van der Waals surface area contributed by atoms with Crippen LogP contribution in [0.4, 0.5) is 0 Å². The Hall–Kier alpha value is -1.75. The molecule has 1 aliphatic rings.